The number of hydrogen-bond acceptors (Lipinski definition) is 2. The summed E-state index contributed by atoms with van der Waals surface area (Å²) in [5.74, 6) is 0. The van der Waals surface area contributed by atoms with Gasteiger partial charge >= 0.3 is 0 Å². The summed E-state index contributed by atoms with van der Waals surface area (Å²) >= 11 is 0. The molecule has 17 heavy (non-hydrogen) atoms. The number of anilines is 1. The van der Waals surface area contributed by atoms with Gasteiger partial charge in [0.05, 0.1) is 11.6 Å². The van der Waals surface area contributed by atoms with Crippen molar-refractivity contribution < 1.29 is 0 Å². The molecule has 1 heterocycles. The molecule has 2 heteroatoms. The van der Waals surface area contributed by atoms with Crippen LogP contribution in [0.3, 0.4) is 0 Å². The Labute approximate surface area is 103 Å². The van der Waals surface area contributed by atoms with Gasteiger partial charge in [-0.1, -0.05) is 18.2 Å². The predicted molar refractivity (Wildman–Crippen MR) is 70.5 cm³/mol. The molecule has 0 amide bonds. The Kier molecular flexibility index (Phi) is 3.49. The van der Waals surface area contributed by atoms with Crippen LogP contribution in [-0.2, 0) is 0 Å². The van der Waals surface area contributed by atoms with Gasteiger partial charge in [0.1, 0.15) is 0 Å². The Balaban J connectivity index is 2.35. The van der Waals surface area contributed by atoms with E-state index in [0.717, 1.165) is 30.6 Å². The molecule has 0 spiro atoms. The van der Waals surface area contributed by atoms with Gasteiger partial charge in [-0.05, 0) is 44.4 Å². The van der Waals surface area contributed by atoms with Crippen LogP contribution in [0.2, 0.25) is 0 Å². The van der Waals surface area contributed by atoms with Crippen molar-refractivity contribution >= 4 is 11.8 Å². The maximum Gasteiger partial charge on any atom is 0.0998 e. The molecule has 1 saturated heterocycles. The topological polar surface area (TPSA) is 27.0 Å². The van der Waals surface area contributed by atoms with Gasteiger partial charge in [-0.3, -0.25) is 0 Å². The molecule has 2 nitrogen and oxygen atoms in total. The fraction of sp³-hybridized carbons (Fsp3) is 0.333. The molecule has 1 fully saturated rings. The van der Waals surface area contributed by atoms with Crippen LogP contribution in [0.15, 0.2) is 24.3 Å². The highest BCUT2D eigenvalue weighted by atomic mass is 15.2. The number of benzene rings is 1. The predicted octanol–water partition coefficient (Wildman–Crippen LogP) is 3.27. The van der Waals surface area contributed by atoms with Crippen LogP contribution in [0, 0.1) is 18.3 Å². The van der Waals surface area contributed by atoms with Gasteiger partial charge in [0.15, 0.2) is 0 Å². The van der Waals surface area contributed by atoms with Crippen molar-refractivity contribution in [2.24, 2.45) is 0 Å². The lowest BCUT2D eigenvalue weighted by Gasteiger charge is -2.23. The first kappa shape index (κ1) is 11.7. The zero-order valence-electron chi connectivity index (χ0n) is 10.1. The van der Waals surface area contributed by atoms with Crippen LogP contribution in [0.25, 0.3) is 6.08 Å². The van der Waals surface area contributed by atoms with Crippen molar-refractivity contribution in [2.75, 3.05) is 11.4 Å². The van der Waals surface area contributed by atoms with E-state index in [0.29, 0.717) is 5.56 Å². The van der Waals surface area contributed by atoms with E-state index in [1.807, 2.05) is 37.3 Å². The SMILES string of the molecule is [CH]C1CCCN1c1ccc(/C=C/C)c(C#N)c1. The van der Waals surface area contributed by atoms with Crippen molar-refractivity contribution in [3.05, 3.63) is 42.3 Å². The molecule has 0 N–H and O–H groups in total. The quantitative estimate of drug-likeness (QED) is 0.771. The van der Waals surface area contributed by atoms with E-state index >= 15 is 0 Å². The lowest BCUT2D eigenvalue weighted by atomic mass is 10.1. The van der Waals surface area contributed by atoms with Gasteiger partial charge in [0.2, 0.25) is 0 Å². The summed E-state index contributed by atoms with van der Waals surface area (Å²) < 4.78 is 0. The lowest BCUT2D eigenvalue weighted by Crippen LogP contribution is -2.26. The number of hydrogen-bond donors (Lipinski definition) is 0. The lowest BCUT2D eigenvalue weighted by molar-refractivity contribution is 0.802. The maximum absolute atomic E-state index is 9.14. The first-order chi connectivity index (χ1) is 8.26. The third kappa shape index (κ3) is 2.34. The second-order valence-electron chi connectivity index (χ2n) is 4.29. The van der Waals surface area contributed by atoms with Crippen LogP contribution in [0.1, 0.15) is 30.9 Å². The van der Waals surface area contributed by atoms with E-state index in [4.69, 9.17) is 12.2 Å². The highest BCUT2D eigenvalue weighted by Crippen LogP contribution is 2.27. The molecule has 1 aliphatic rings. The third-order valence-corrected chi connectivity index (χ3v) is 3.13. The minimum atomic E-state index is 0.0918. The first-order valence-corrected chi connectivity index (χ1v) is 5.95. The van der Waals surface area contributed by atoms with Crippen molar-refractivity contribution in [1.29, 1.82) is 5.26 Å². The highest BCUT2D eigenvalue weighted by Gasteiger charge is 2.21. The van der Waals surface area contributed by atoms with E-state index in [9.17, 15) is 0 Å². The van der Waals surface area contributed by atoms with E-state index in [1.165, 1.54) is 0 Å². The van der Waals surface area contributed by atoms with Crippen molar-refractivity contribution in [1.82, 2.24) is 0 Å². The zero-order chi connectivity index (χ0) is 12.3. The van der Waals surface area contributed by atoms with E-state index in [1.54, 1.807) is 0 Å². The van der Waals surface area contributed by atoms with Crippen molar-refractivity contribution in [3.8, 4) is 6.07 Å². The molecule has 2 radical (unpaired) electrons. The molecule has 1 aromatic rings. The second-order valence-corrected chi connectivity index (χ2v) is 4.29. The average molecular weight is 224 g/mol. The fourth-order valence-corrected chi connectivity index (χ4v) is 2.26. The summed E-state index contributed by atoms with van der Waals surface area (Å²) in [6, 6.07) is 8.29. The molecule has 0 saturated carbocycles. The zero-order valence-corrected chi connectivity index (χ0v) is 10.1. The number of nitrogens with zero attached hydrogens (tertiary/aromatic N) is 2. The summed E-state index contributed by atoms with van der Waals surface area (Å²) in [6.07, 6.45) is 6.04. The van der Waals surface area contributed by atoms with Crippen LogP contribution < -0.4 is 4.90 Å². The van der Waals surface area contributed by atoms with Crippen LogP contribution >= 0.6 is 0 Å². The molecule has 1 aliphatic heterocycles. The second kappa shape index (κ2) is 5.05. The number of allylic oxidation sites excluding steroid dienone is 1. The Morgan fingerprint density at radius 3 is 2.94 bits per heavy atom. The van der Waals surface area contributed by atoms with Crippen LogP contribution in [0.4, 0.5) is 5.69 Å². The van der Waals surface area contributed by atoms with E-state index in [-0.39, 0.29) is 6.04 Å². The molecule has 1 unspecified atom stereocenters. The monoisotopic (exact) mass is 224 g/mol. The Hall–Kier alpha value is -1.75. The van der Waals surface area contributed by atoms with Gasteiger partial charge in [0, 0.05) is 18.3 Å². The molecular weight excluding hydrogens is 208 g/mol. The van der Waals surface area contributed by atoms with Gasteiger partial charge in [-0.25, -0.2) is 0 Å². The summed E-state index contributed by atoms with van der Waals surface area (Å²) in [6.45, 7) is 8.96. The third-order valence-electron chi connectivity index (χ3n) is 3.13. The van der Waals surface area contributed by atoms with E-state index in [2.05, 4.69) is 11.0 Å². The molecule has 86 valence electrons. The highest BCUT2D eigenvalue weighted by molar-refractivity contribution is 5.64. The molecule has 0 aliphatic carbocycles. The average Bonchev–Trinajstić information content (AvgIpc) is 2.76. The summed E-state index contributed by atoms with van der Waals surface area (Å²) in [5, 5.41) is 9.14. The largest absolute Gasteiger partial charge is 0.368 e. The molecule has 0 aromatic heterocycles. The minimum Gasteiger partial charge on any atom is -0.368 e. The summed E-state index contributed by atoms with van der Waals surface area (Å²) in [4.78, 5) is 2.17. The fourth-order valence-electron chi connectivity index (χ4n) is 2.26. The first-order valence-electron chi connectivity index (χ1n) is 5.95. The summed E-state index contributed by atoms with van der Waals surface area (Å²) in [7, 11) is 0. The minimum absolute atomic E-state index is 0.0918. The Morgan fingerprint density at radius 2 is 2.35 bits per heavy atom. The van der Waals surface area contributed by atoms with Gasteiger partial charge in [0.25, 0.3) is 0 Å². The molecule has 1 aromatic carbocycles. The molecule has 0 bridgehead atoms. The van der Waals surface area contributed by atoms with Crippen molar-refractivity contribution in [2.45, 2.75) is 25.8 Å². The van der Waals surface area contributed by atoms with Crippen LogP contribution in [-0.4, -0.2) is 12.6 Å². The molecular formula is C15H16N2. The van der Waals surface area contributed by atoms with Gasteiger partial charge in [-0.2, -0.15) is 5.26 Å². The number of rotatable bonds is 2. The Bertz CT molecular complexity index is 468. The normalized spacial score (nSPS) is 19.8. The maximum atomic E-state index is 9.14. The standard InChI is InChI=1S/C15H16N2/c1-3-5-13-7-8-15(10-14(13)11-16)17-9-4-6-12(17)2/h2-3,5,7-8,10,12H,4,6,9H2,1H3/b5-3+. The molecule has 2 rings (SSSR count). The van der Waals surface area contributed by atoms with Gasteiger partial charge < -0.3 is 4.90 Å². The smallest absolute Gasteiger partial charge is 0.0998 e. The van der Waals surface area contributed by atoms with Crippen molar-refractivity contribution in [3.63, 3.8) is 0 Å². The van der Waals surface area contributed by atoms with Gasteiger partial charge in [-0.15, -0.1) is 0 Å². The van der Waals surface area contributed by atoms with Crippen LogP contribution in [0.5, 0.6) is 0 Å². The van der Waals surface area contributed by atoms with E-state index < -0.39 is 0 Å². The summed E-state index contributed by atoms with van der Waals surface area (Å²) in [5.41, 5.74) is 2.73. The number of nitriles is 1. The Morgan fingerprint density at radius 1 is 1.53 bits per heavy atom. The molecule has 1 atom stereocenters.